The van der Waals surface area contributed by atoms with Gasteiger partial charge in [0.05, 0.1) is 19.2 Å². The standard InChI is InChI=1S/C22H25NO5/c1-14-5-8-17(9-6-14)19(24)10-12-21(25)28-16(3)22(26)23-18-13-15(2)7-11-20(18)27-4/h5-9,11,13,16H,10,12H2,1-4H3,(H,23,26)/t16-/m1/s1. The molecule has 2 rings (SSSR count). The van der Waals surface area contributed by atoms with Crippen molar-refractivity contribution in [2.24, 2.45) is 0 Å². The lowest BCUT2D eigenvalue weighted by atomic mass is 10.1. The number of anilines is 1. The minimum Gasteiger partial charge on any atom is -0.495 e. The average molecular weight is 383 g/mol. The molecule has 0 unspecified atom stereocenters. The quantitative estimate of drug-likeness (QED) is 0.553. The van der Waals surface area contributed by atoms with E-state index in [-0.39, 0.29) is 18.6 Å². The van der Waals surface area contributed by atoms with Crippen LogP contribution in [0.1, 0.15) is 41.3 Å². The fraction of sp³-hybridized carbons (Fsp3) is 0.318. The van der Waals surface area contributed by atoms with E-state index in [0.29, 0.717) is 17.0 Å². The summed E-state index contributed by atoms with van der Waals surface area (Å²) in [6.45, 7) is 5.31. The van der Waals surface area contributed by atoms with Gasteiger partial charge in [0, 0.05) is 12.0 Å². The lowest BCUT2D eigenvalue weighted by Gasteiger charge is -2.15. The zero-order valence-electron chi connectivity index (χ0n) is 16.6. The molecule has 148 valence electrons. The van der Waals surface area contributed by atoms with E-state index in [0.717, 1.165) is 11.1 Å². The van der Waals surface area contributed by atoms with Gasteiger partial charge in [0.1, 0.15) is 5.75 Å². The van der Waals surface area contributed by atoms with Crippen LogP contribution in [0.5, 0.6) is 5.75 Å². The van der Waals surface area contributed by atoms with Gasteiger partial charge in [0.25, 0.3) is 5.91 Å². The van der Waals surface area contributed by atoms with Gasteiger partial charge in [-0.2, -0.15) is 0 Å². The molecule has 0 aromatic heterocycles. The normalized spacial score (nSPS) is 11.4. The molecule has 2 aromatic carbocycles. The van der Waals surface area contributed by atoms with Gasteiger partial charge in [-0.25, -0.2) is 0 Å². The minimum atomic E-state index is -0.993. The lowest BCUT2D eigenvalue weighted by molar-refractivity contribution is -0.153. The zero-order chi connectivity index (χ0) is 20.7. The number of nitrogens with one attached hydrogen (secondary N) is 1. The number of hydrogen-bond acceptors (Lipinski definition) is 5. The SMILES string of the molecule is COc1ccc(C)cc1NC(=O)[C@@H](C)OC(=O)CCC(=O)c1ccc(C)cc1. The molecule has 0 saturated heterocycles. The van der Waals surface area contributed by atoms with Gasteiger partial charge in [-0.05, 0) is 38.5 Å². The fourth-order valence-corrected chi connectivity index (χ4v) is 2.56. The number of hydrogen-bond donors (Lipinski definition) is 1. The number of ketones is 1. The van der Waals surface area contributed by atoms with E-state index >= 15 is 0 Å². The molecule has 6 nitrogen and oxygen atoms in total. The van der Waals surface area contributed by atoms with Gasteiger partial charge in [0.15, 0.2) is 11.9 Å². The summed E-state index contributed by atoms with van der Waals surface area (Å²) in [5, 5.41) is 2.70. The molecule has 0 aliphatic carbocycles. The van der Waals surface area contributed by atoms with Crippen molar-refractivity contribution in [1.29, 1.82) is 0 Å². The van der Waals surface area contributed by atoms with Gasteiger partial charge < -0.3 is 14.8 Å². The monoisotopic (exact) mass is 383 g/mol. The minimum absolute atomic E-state index is 0.0297. The number of Topliss-reactive ketones (excluding diaryl/α,β-unsaturated/α-hetero) is 1. The third-order valence-corrected chi connectivity index (χ3v) is 4.22. The van der Waals surface area contributed by atoms with Crippen molar-refractivity contribution in [2.75, 3.05) is 12.4 Å². The molecule has 0 spiro atoms. The number of esters is 1. The molecule has 1 atom stereocenters. The van der Waals surface area contributed by atoms with Crippen LogP contribution in [0.15, 0.2) is 42.5 Å². The number of carbonyl (C=O) groups is 3. The molecule has 1 N–H and O–H groups in total. The van der Waals surface area contributed by atoms with E-state index in [1.807, 2.05) is 32.0 Å². The molecule has 28 heavy (non-hydrogen) atoms. The van der Waals surface area contributed by atoms with E-state index < -0.39 is 18.0 Å². The van der Waals surface area contributed by atoms with Gasteiger partial charge in [0.2, 0.25) is 0 Å². The maximum absolute atomic E-state index is 12.3. The van der Waals surface area contributed by atoms with Gasteiger partial charge in [-0.15, -0.1) is 0 Å². The van der Waals surface area contributed by atoms with Crippen molar-refractivity contribution in [3.63, 3.8) is 0 Å². The van der Waals surface area contributed by atoms with Crippen molar-refractivity contribution in [3.8, 4) is 5.75 Å². The summed E-state index contributed by atoms with van der Waals surface area (Å²) in [4.78, 5) is 36.4. The third kappa shape index (κ3) is 5.94. The maximum Gasteiger partial charge on any atom is 0.307 e. The summed E-state index contributed by atoms with van der Waals surface area (Å²) >= 11 is 0. The fourth-order valence-electron chi connectivity index (χ4n) is 2.56. The van der Waals surface area contributed by atoms with E-state index in [1.165, 1.54) is 14.0 Å². The van der Waals surface area contributed by atoms with Crippen LogP contribution in [0.3, 0.4) is 0 Å². The molecule has 0 fully saturated rings. The van der Waals surface area contributed by atoms with Crippen molar-refractivity contribution >= 4 is 23.3 Å². The molecule has 0 bridgehead atoms. The maximum atomic E-state index is 12.3. The van der Waals surface area contributed by atoms with E-state index in [1.54, 1.807) is 24.3 Å². The number of methoxy groups -OCH3 is 1. The number of amides is 1. The van der Waals surface area contributed by atoms with Crippen LogP contribution in [-0.2, 0) is 14.3 Å². The van der Waals surface area contributed by atoms with Crippen molar-refractivity contribution in [2.45, 2.75) is 39.7 Å². The van der Waals surface area contributed by atoms with Crippen LogP contribution < -0.4 is 10.1 Å². The molecule has 6 heteroatoms. The molecular formula is C22H25NO5. The largest absolute Gasteiger partial charge is 0.495 e. The Morgan fingerprint density at radius 1 is 0.964 bits per heavy atom. The smallest absolute Gasteiger partial charge is 0.307 e. The van der Waals surface area contributed by atoms with Crippen LogP contribution in [-0.4, -0.2) is 30.9 Å². The van der Waals surface area contributed by atoms with E-state index in [4.69, 9.17) is 9.47 Å². The Labute approximate surface area is 164 Å². The molecule has 0 saturated carbocycles. The highest BCUT2D eigenvalue weighted by Gasteiger charge is 2.20. The first-order chi connectivity index (χ1) is 13.3. The Morgan fingerprint density at radius 3 is 2.25 bits per heavy atom. The third-order valence-electron chi connectivity index (χ3n) is 4.22. The van der Waals surface area contributed by atoms with Crippen LogP contribution in [0, 0.1) is 13.8 Å². The van der Waals surface area contributed by atoms with Crippen molar-refractivity contribution < 1.29 is 23.9 Å². The van der Waals surface area contributed by atoms with Crippen molar-refractivity contribution in [1.82, 2.24) is 0 Å². The summed E-state index contributed by atoms with van der Waals surface area (Å²) in [5.41, 5.74) is 3.07. The Morgan fingerprint density at radius 2 is 1.61 bits per heavy atom. The highest BCUT2D eigenvalue weighted by Crippen LogP contribution is 2.25. The van der Waals surface area contributed by atoms with Crippen LogP contribution in [0.2, 0.25) is 0 Å². The molecule has 1 amide bonds. The Kier molecular flexibility index (Phi) is 7.32. The van der Waals surface area contributed by atoms with Gasteiger partial charge in [-0.1, -0.05) is 35.9 Å². The first kappa shape index (κ1) is 21.2. The molecule has 2 aromatic rings. The summed E-state index contributed by atoms with van der Waals surface area (Å²) in [6, 6.07) is 12.5. The summed E-state index contributed by atoms with van der Waals surface area (Å²) in [7, 11) is 1.51. The van der Waals surface area contributed by atoms with Crippen LogP contribution in [0.4, 0.5) is 5.69 Å². The predicted molar refractivity (Wildman–Crippen MR) is 107 cm³/mol. The molecular weight excluding hydrogens is 358 g/mol. The van der Waals surface area contributed by atoms with E-state index in [9.17, 15) is 14.4 Å². The average Bonchev–Trinajstić information content (AvgIpc) is 2.66. The first-order valence-electron chi connectivity index (χ1n) is 9.05. The predicted octanol–water partition coefficient (Wildman–Crippen LogP) is 3.85. The summed E-state index contributed by atoms with van der Waals surface area (Å²) in [5.74, 6) is -0.693. The number of ether oxygens (including phenoxy) is 2. The lowest BCUT2D eigenvalue weighted by Crippen LogP contribution is -2.30. The Balaban J connectivity index is 1.86. The van der Waals surface area contributed by atoms with Gasteiger partial charge >= 0.3 is 5.97 Å². The first-order valence-corrected chi connectivity index (χ1v) is 9.05. The molecule has 0 aliphatic rings. The van der Waals surface area contributed by atoms with Crippen LogP contribution >= 0.6 is 0 Å². The molecule has 0 heterocycles. The number of aryl methyl sites for hydroxylation is 2. The Bertz CT molecular complexity index is 858. The molecule has 0 radical (unpaired) electrons. The number of benzene rings is 2. The zero-order valence-corrected chi connectivity index (χ0v) is 16.6. The highest BCUT2D eigenvalue weighted by molar-refractivity contribution is 5.98. The number of rotatable bonds is 8. The Hall–Kier alpha value is -3.15. The summed E-state index contributed by atoms with van der Waals surface area (Å²) < 4.78 is 10.4. The number of carbonyl (C=O) groups excluding carboxylic acids is 3. The van der Waals surface area contributed by atoms with Crippen molar-refractivity contribution in [3.05, 3.63) is 59.2 Å². The topological polar surface area (TPSA) is 81.7 Å². The van der Waals surface area contributed by atoms with Gasteiger partial charge in [-0.3, -0.25) is 14.4 Å². The summed E-state index contributed by atoms with van der Waals surface area (Å²) in [6.07, 6.45) is -1.05. The second kappa shape index (κ2) is 9.69. The molecule has 0 aliphatic heterocycles. The highest BCUT2D eigenvalue weighted by atomic mass is 16.5. The second-order valence-corrected chi connectivity index (χ2v) is 6.61. The van der Waals surface area contributed by atoms with E-state index in [2.05, 4.69) is 5.32 Å². The van der Waals surface area contributed by atoms with Crippen LogP contribution in [0.25, 0.3) is 0 Å². The second-order valence-electron chi connectivity index (χ2n) is 6.61.